The van der Waals surface area contributed by atoms with Gasteiger partial charge in [0.05, 0.1) is 7.11 Å². The van der Waals surface area contributed by atoms with E-state index in [9.17, 15) is 0 Å². The van der Waals surface area contributed by atoms with Gasteiger partial charge in [-0.3, -0.25) is 0 Å². The molecule has 116 valence electrons. The van der Waals surface area contributed by atoms with Gasteiger partial charge < -0.3 is 10.1 Å². The monoisotopic (exact) mass is 295 g/mol. The summed E-state index contributed by atoms with van der Waals surface area (Å²) in [5, 5.41) is 3.54. The van der Waals surface area contributed by atoms with Gasteiger partial charge in [-0.05, 0) is 59.6 Å². The minimum absolute atomic E-state index is 0.673. The zero-order chi connectivity index (χ0) is 15.5. The number of fused-ring (bicyclic) bond motifs is 1. The Morgan fingerprint density at radius 2 is 1.82 bits per heavy atom. The molecular weight excluding hydrogens is 270 g/mol. The van der Waals surface area contributed by atoms with Crippen molar-refractivity contribution in [3.8, 4) is 5.75 Å². The van der Waals surface area contributed by atoms with E-state index in [0.29, 0.717) is 11.8 Å². The summed E-state index contributed by atoms with van der Waals surface area (Å²) >= 11 is 0. The average Bonchev–Trinajstić information content (AvgIpc) is 2.55. The largest absolute Gasteiger partial charge is 0.497 e. The van der Waals surface area contributed by atoms with Crippen LogP contribution in [-0.4, -0.2) is 13.7 Å². The molecule has 1 atom stereocenters. The first-order valence-corrected chi connectivity index (χ1v) is 8.17. The van der Waals surface area contributed by atoms with Crippen molar-refractivity contribution in [1.29, 1.82) is 0 Å². The Morgan fingerprint density at radius 3 is 2.50 bits per heavy atom. The van der Waals surface area contributed by atoms with E-state index < -0.39 is 0 Å². The minimum atomic E-state index is 0.673. The second-order valence-electron chi connectivity index (χ2n) is 6.51. The molecule has 0 radical (unpaired) electrons. The van der Waals surface area contributed by atoms with Gasteiger partial charge in [-0.1, -0.05) is 38.1 Å². The summed E-state index contributed by atoms with van der Waals surface area (Å²) in [7, 11) is 1.71. The third kappa shape index (κ3) is 3.11. The molecule has 0 aliphatic carbocycles. The van der Waals surface area contributed by atoms with E-state index in [-0.39, 0.29) is 0 Å². The zero-order valence-electron chi connectivity index (χ0n) is 13.7. The van der Waals surface area contributed by atoms with Gasteiger partial charge >= 0.3 is 0 Å². The zero-order valence-corrected chi connectivity index (χ0v) is 13.7. The van der Waals surface area contributed by atoms with E-state index in [2.05, 4.69) is 49.5 Å². The molecule has 2 aromatic rings. The normalized spacial score (nSPS) is 17.0. The number of methoxy groups -OCH3 is 1. The summed E-state index contributed by atoms with van der Waals surface area (Å²) in [6.07, 6.45) is 2.21. The maximum absolute atomic E-state index is 5.23. The molecule has 0 fully saturated rings. The van der Waals surface area contributed by atoms with Crippen molar-refractivity contribution >= 4 is 5.69 Å². The molecule has 22 heavy (non-hydrogen) atoms. The molecule has 3 rings (SSSR count). The van der Waals surface area contributed by atoms with Crippen molar-refractivity contribution in [3.63, 3.8) is 0 Å². The highest BCUT2D eigenvalue weighted by Crippen LogP contribution is 2.37. The van der Waals surface area contributed by atoms with Crippen LogP contribution in [-0.2, 0) is 6.42 Å². The van der Waals surface area contributed by atoms with Crippen LogP contribution in [0.3, 0.4) is 0 Å². The summed E-state index contributed by atoms with van der Waals surface area (Å²) in [6.45, 7) is 5.75. The van der Waals surface area contributed by atoms with E-state index in [1.54, 1.807) is 7.11 Å². The summed E-state index contributed by atoms with van der Waals surface area (Å²) in [5.74, 6) is 2.28. The molecule has 0 aromatic heterocycles. The standard InChI is InChI=1S/C20H25NO/c1-14(2)18-10-11-21-20-9-6-16(13-19(18)20)12-15-4-7-17(22-3)8-5-15/h4-9,13-14,18,21H,10-12H2,1-3H3. The average molecular weight is 295 g/mol. The van der Waals surface area contributed by atoms with Gasteiger partial charge in [-0.2, -0.15) is 0 Å². The summed E-state index contributed by atoms with van der Waals surface area (Å²) in [4.78, 5) is 0. The van der Waals surface area contributed by atoms with E-state index in [1.807, 2.05) is 12.1 Å². The van der Waals surface area contributed by atoms with Crippen LogP contribution in [0.2, 0.25) is 0 Å². The van der Waals surface area contributed by atoms with E-state index in [4.69, 9.17) is 4.74 Å². The fourth-order valence-corrected chi connectivity index (χ4v) is 3.38. The van der Waals surface area contributed by atoms with Crippen LogP contribution in [0.25, 0.3) is 0 Å². The highest BCUT2D eigenvalue weighted by molar-refractivity contribution is 5.56. The van der Waals surface area contributed by atoms with Gasteiger partial charge in [-0.25, -0.2) is 0 Å². The van der Waals surface area contributed by atoms with Crippen molar-refractivity contribution < 1.29 is 4.74 Å². The lowest BCUT2D eigenvalue weighted by molar-refractivity contribution is 0.414. The molecule has 0 saturated carbocycles. The first-order chi connectivity index (χ1) is 10.7. The Kier molecular flexibility index (Phi) is 4.37. The smallest absolute Gasteiger partial charge is 0.118 e. The van der Waals surface area contributed by atoms with E-state index >= 15 is 0 Å². The van der Waals surface area contributed by atoms with Crippen LogP contribution in [0.4, 0.5) is 5.69 Å². The number of anilines is 1. The fraction of sp³-hybridized carbons (Fsp3) is 0.400. The highest BCUT2D eigenvalue weighted by Gasteiger charge is 2.22. The molecule has 1 unspecified atom stereocenters. The molecule has 2 nitrogen and oxygen atoms in total. The third-order valence-electron chi connectivity index (χ3n) is 4.66. The van der Waals surface area contributed by atoms with Crippen LogP contribution in [0.5, 0.6) is 5.75 Å². The Labute approximate surface area is 133 Å². The Balaban J connectivity index is 1.84. The molecule has 2 heteroatoms. The second-order valence-corrected chi connectivity index (χ2v) is 6.51. The lowest BCUT2D eigenvalue weighted by Crippen LogP contribution is -2.20. The SMILES string of the molecule is COc1ccc(Cc2ccc3c(c2)C(C(C)C)CCN3)cc1. The highest BCUT2D eigenvalue weighted by atomic mass is 16.5. The van der Waals surface area contributed by atoms with Gasteiger partial charge in [-0.15, -0.1) is 0 Å². The van der Waals surface area contributed by atoms with Crippen LogP contribution in [0, 0.1) is 5.92 Å². The van der Waals surface area contributed by atoms with Crippen molar-refractivity contribution in [2.75, 3.05) is 19.0 Å². The van der Waals surface area contributed by atoms with Crippen molar-refractivity contribution in [3.05, 3.63) is 59.2 Å². The van der Waals surface area contributed by atoms with Crippen LogP contribution in [0.1, 0.15) is 42.9 Å². The number of ether oxygens (including phenoxy) is 1. The molecule has 1 N–H and O–H groups in total. The topological polar surface area (TPSA) is 21.3 Å². The van der Waals surface area contributed by atoms with Crippen LogP contribution in [0.15, 0.2) is 42.5 Å². The van der Waals surface area contributed by atoms with Crippen molar-refractivity contribution in [2.24, 2.45) is 5.92 Å². The van der Waals surface area contributed by atoms with Gasteiger partial charge in [0.25, 0.3) is 0 Å². The molecule has 1 heterocycles. The van der Waals surface area contributed by atoms with Gasteiger partial charge in [0.15, 0.2) is 0 Å². The summed E-state index contributed by atoms with van der Waals surface area (Å²) in [5.41, 5.74) is 5.53. The minimum Gasteiger partial charge on any atom is -0.497 e. The maximum Gasteiger partial charge on any atom is 0.118 e. The predicted molar refractivity (Wildman–Crippen MR) is 92.9 cm³/mol. The van der Waals surface area contributed by atoms with Gasteiger partial charge in [0, 0.05) is 12.2 Å². The molecule has 2 aromatic carbocycles. The van der Waals surface area contributed by atoms with Crippen molar-refractivity contribution in [2.45, 2.75) is 32.6 Å². The molecule has 0 bridgehead atoms. The molecule has 0 amide bonds. The van der Waals surface area contributed by atoms with Gasteiger partial charge in [0.2, 0.25) is 0 Å². The van der Waals surface area contributed by atoms with Gasteiger partial charge in [0.1, 0.15) is 5.75 Å². The van der Waals surface area contributed by atoms with Crippen LogP contribution < -0.4 is 10.1 Å². The quantitative estimate of drug-likeness (QED) is 0.871. The Hall–Kier alpha value is -1.96. The molecule has 0 saturated heterocycles. The lowest BCUT2D eigenvalue weighted by atomic mass is 9.81. The Bertz CT molecular complexity index is 631. The van der Waals surface area contributed by atoms with E-state index in [1.165, 1.54) is 28.8 Å². The number of nitrogens with one attached hydrogen (secondary N) is 1. The first kappa shape index (κ1) is 15.0. The number of rotatable bonds is 4. The second kappa shape index (κ2) is 6.43. The summed E-state index contributed by atoms with van der Waals surface area (Å²) in [6, 6.07) is 15.3. The molecule has 0 spiro atoms. The molecular formula is C20H25NO. The van der Waals surface area contributed by atoms with Crippen LogP contribution >= 0.6 is 0 Å². The first-order valence-electron chi connectivity index (χ1n) is 8.17. The lowest BCUT2D eigenvalue weighted by Gasteiger charge is -2.30. The summed E-state index contributed by atoms with van der Waals surface area (Å²) < 4.78 is 5.23. The number of hydrogen-bond acceptors (Lipinski definition) is 2. The molecule has 1 aliphatic rings. The van der Waals surface area contributed by atoms with Crippen molar-refractivity contribution in [1.82, 2.24) is 0 Å². The Morgan fingerprint density at radius 1 is 1.09 bits per heavy atom. The predicted octanol–water partition coefficient (Wildman–Crippen LogP) is 4.84. The maximum atomic E-state index is 5.23. The van der Waals surface area contributed by atoms with E-state index in [0.717, 1.165) is 18.7 Å². The molecule has 1 aliphatic heterocycles. The third-order valence-corrected chi connectivity index (χ3v) is 4.66. The number of benzene rings is 2. The fourth-order valence-electron chi connectivity index (χ4n) is 3.38. The number of hydrogen-bond donors (Lipinski definition) is 1.